The summed E-state index contributed by atoms with van der Waals surface area (Å²) in [5.74, 6) is -0.0670. The first-order valence-electron chi connectivity index (χ1n) is 9.82. The molecule has 0 bridgehead atoms. The third kappa shape index (κ3) is 4.77. The minimum absolute atomic E-state index is 0.0456. The summed E-state index contributed by atoms with van der Waals surface area (Å²) in [4.78, 5) is 17.5. The molecule has 1 amide bonds. The molecule has 3 aromatic carbocycles. The minimum Gasteiger partial charge on any atom is -0.298 e. The normalized spacial score (nSPS) is 11.6. The Bertz CT molecular complexity index is 1400. The fourth-order valence-electron chi connectivity index (χ4n) is 3.11. The molecule has 4 aromatic rings. The van der Waals surface area contributed by atoms with Gasteiger partial charge >= 0.3 is 0 Å². The number of nitrogens with one attached hydrogen (secondary N) is 2. The molecule has 0 atom stereocenters. The van der Waals surface area contributed by atoms with E-state index in [0.29, 0.717) is 16.1 Å². The lowest BCUT2D eigenvalue weighted by atomic mass is 10.0. The van der Waals surface area contributed by atoms with Crippen LogP contribution in [0.25, 0.3) is 10.2 Å². The number of benzene rings is 3. The highest BCUT2D eigenvalue weighted by atomic mass is 35.5. The molecule has 4 rings (SSSR count). The van der Waals surface area contributed by atoms with Crippen LogP contribution < -0.4 is 10.0 Å². The Labute approximate surface area is 195 Å². The van der Waals surface area contributed by atoms with Crippen LogP contribution in [0.4, 0.5) is 10.8 Å². The van der Waals surface area contributed by atoms with Gasteiger partial charge in [0.25, 0.3) is 15.9 Å². The molecule has 1 aromatic heterocycles. The first kappa shape index (κ1) is 22.3. The predicted octanol–water partition coefficient (Wildman–Crippen LogP) is 6.13. The van der Waals surface area contributed by atoms with E-state index in [1.165, 1.54) is 47.2 Å². The van der Waals surface area contributed by atoms with Crippen LogP contribution in [0.15, 0.2) is 71.6 Å². The monoisotopic (exact) mass is 485 g/mol. The number of halogens is 1. The van der Waals surface area contributed by atoms with E-state index in [2.05, 4.69) is 34.9 Å². The molecule has 0 aliphatic carbocycles. The maximum Gasteiger partial charge on any atom is 0.261 e. The summed E-state index contributed by atoms with van der Waals surface area (Å²) in [7, 11) is -3.89. The zero-order chi connectivity index (χ0) is 22.9. The summed E-state index contributed by atoms with van der Waals surface area (Å²) in [5, 5.41) is 3.66. The second-order valence-corrected chi connectivity index (χ2v) is 10.6. The molecule has 0 saturated heterocycles. The van der Waals surface area contributed by atoms with E-state index in [1.54, 1.807) is 18.2 Å². The van der Waals surface area contributed by atoms with Crippen LogP contribution >= 0.6 is 22.9 Å². The molecule has 0 saturated carbocycles. The summed E-state index contributed by atoms with van der Waals surface area (Å²) < 4.78 is 29.0. The molecule has 0 aliphatic heterocycles. The van der Waals surface area contributed by atoms with E-state index in [4.69, 9.17) is 11.6 Å². The van der Waals surface area contributed by atoms with Gasteiger partial charge in [0, 0.05) is 5.02 Å². The van der Waals surface area contributed by atoms with Gasteiger partial charge in [-0.1, -0.05) is 55.0 Å². The number of aromatic nitrogens is 1. The largest absolute Gasteiger partial charge is 0.298 e. The number of nitrogens with zero attached hydrogens (tertiary/aromatic N) is 1. The van der Waals surface area contributed by atoms with Gasteiger partial charge in [-0.2, -0.15) is 0 Å². The molecule has 1 heterocycles. The van der Waals surface area contributed by atoms with Gasteiger partial charge in [-0.05, 0) is 60.0 Å². The van der Waals surface area contributed by atoms with Crippen LogP contribution in [0.2, 0.25) is 5.02 Å². The average molecular weight is 486 g/mol. The van der Waals surface area contributed by atoms with Crippen LogP contribution in [-0.2, 0) is 10.0 Å². The molecule has 6 nitrogen and oxygen atoms in total. The highest BCUT2D eigenvalue weighted by molar-refractivity contribution is 7.92. The van der Waals surface area contributed by atoms with Crippen LogP contribution in [-0.4, -0.2) is 19.3 Å². The zero-order valence-electron chi connectivity index (χ0n) is 17.3. The lowest BCUT2D eigenvalue weighted by Gasteiger charge is -2.12. The molecule has 0 aliphatic rings. The van der Waals surface area contributed by atoms with Gasteiger partial charge < -0.3 is 0 Å². The summed E-state index contributed by atoms with van der Waals surface area (Å²) in [6.45, 7) is 4.24. The van der Waals surface area contributed by atoms with Crippen molar-refractivity contribution < 1.29 is 13.2 Å². The van der Waals surface area contributed by atoms with Crippen molar-refractivity contribution >= 4 is 59.9 Å². The van der Waals surface area contributed by atoms with Crippen LogP contribution in [0.3, 0.4) is 0 Å². The van der Waals surface area contributed by atoms with Crippen LogP contribution in [0, 0.1) is 0 Å². The number of hydrogen-bond donors (Lipinski definition) is 2. The Morgan fingerprint density at radius 2 is 1.75 bits per heavy atom. The highest BCUT2D eigenvalue weighted by Gasteiger charge is 2.19. The van der Waals surface area contributed by atoms with E-state index < -0.39 is 15.9 Å². The van der Waals surface area contributed by atoms with Gasteiger partial charge in [-0.15, -0.1) is 0 Å². The van der Waals surface area contributed by atoms with E-state index in [-0.39, 0.29) is 16.1 Å². The Morgan fingerprint density at radius 3 is 2.47 bits per heavy atom. The Balaban J connectivity index is 1.59. The number of thiazole rings is 1. The van der Waals surface area contributed by atoms with Gasteiger partial charge in [0.2, 0.25) is 0 Å². The first-order chi connectivity index (χ1) is 15.2. The molecular weight excluding hydrogens is 466 g/mol. The van der Waals surface area contributed by atoms with Crippen molar-refractivity contribution in [3.05, 3.63) is 82.9 Å². The fourth-order valence-corrected chi connectivity index (χ4v) is 5.22. The van der Waals surface area contributed by atoms with Gasteiger partial charge in [0.1, 0.15) is 0 Å². The summed E-state index contributed by atoms with van der Waals surface area (Å²) >= 11 is 7.22. The average Bonchev–Trinajstić information content (AvgIpc) is 3.15. The topological polar surface area (TPSA) is 88.2 Å². The van der Waals surface area contributed by atoms with E-state index in [9.17, 15) is 13.2 Å². The first-order valence-corrected chi connectivity index (χ1v) is 12.5. The maximum absolute atomic E-state index is 13.0. The third-order valence-corrected chi connectivity index (χ3v) is 7.41. The number of hydrogen-bond acceptors (Lipinski definition) is 5. The van der Waals surface area contributed by atoms with E-state index >= 15 is 0 Å². The number of rotatable bonds is 6. The molecule has 9 heteroatoms. The van der Waals surface area contributed by atoms with Crippen molar-refractivity contribution in [2.24, 2.45) is 0 Å². The smallest absolute Gasteiger partial charge is 0.261 e. The minimum atomic E-state index is -3.89. The number of anilines is 2. The SMILES string of the molecule is CC(C)c1ccc2nc(NC(=O)c3ccccc3NS(=O)(=O)c3ccc(Cl)cc3)sc2c1. The third-order valence-electron chi connectivity index (χ3n) is 4.84. The van der Waals surface area contributed by atoms with Crippen LogP contribution in [0.5, 0.6) is 0 Å². The number of carbonyl (C=O) groups is 1. The van der Waals surface area contributed by atoms with Crippen LogP contribution in [0.1, 0.15) is 35.7 Å². The second-order valence-electron chi connectivity index (χ2n) is 7.46. The number of carbonyl (C=O) groups excluding carboxylic acids is 1. The van der Waals surface area contributed by atoms with Crippen molar-refractivity contribution in [1.29, 1.82) is 0 Å². The zero-order valence-corrected chi connectivity index (χ0v) is 19.7. The van der Waals surface area contributed by atoms with Gasteiger partial charge in [0.05, 0.1) is 26.4 Å². The summed E-state index contributed by atoms with van der Waals surface area (Å²) in [6, 6.07) is 18.2. The number of amides is 1. The van der Waals surface area contributed by atoms with Crippen molar-refractivity contribution in [2.45, 2.75) is 24.7 Å². The molecule has 0 unspecified atom stereocenters. The van der Waals surface area contributed by atoms with E-state index in [0.717, 1.165) is 10.2 Å². The predicted molar refractivity (Wildman–Crippen MR) is 130 cm³/mol. The van der Waals surface area contributed by atoms with E-state index in [1.807, 2.05) is 12.1 Å². The maximum atomic E-state index is 13.0. The van der Waals surface area contributed by atoms with Gasteiger partial charge in [-0.25, -0.2) is 13.4 Å². The number of para-hydroxylation sites is 1. The van der Waals surface area contributed by atoms with Gasteiger partial charge in [-0.3, -0.25) is 14.8 Å². The Morgan fingerprint density at radius 1 is 1.03 bits per heavy atom. The Kier molecular flexibility index (Phi) is 6.19. The molecule has 0 radical (unpaired) electrons. The standard InChI is InChI=1S/C23H20ClN3O3S2/c1-14(2)15-7-12-20-21(13-15)31-23(25-20)26-22(28)18-5-3-4-6-19(18)27-32(29,30)17-10-8-16(24)9-11-17/h3-14,27H,1-2H3,(H,25,26,28). The molecule has 2 N–H and O–H groups in total. The second kappa shape index (κ2) is 8.90. The summed E-state index contributed by atoms with van der Waals surface area (Å²) in [5.41, 5.74) is 2.35. The summed E-state index contributed by atoms with van der Waals surface area (Å²) in [6.07, 6.45) is 0. The highest BCUT2D eigenvalue weighted by Crippen LogP contribution is 2.30. The van der Waals surface area contributed by atoms with Crippen molar-refractivity contribution in [3.8, 4) is 0 Å². The lowest BCUT2D eigenvalue weighted by molar-refractivity contribution is 0.102. The van der Waals surface area contributed by atoms with Crippen molar-refractivity contribution in [3.63, 3.8) is 0 Å². The van der Waals surface area contributed by atoms with Crippen molar-refractivity contribution in [2.75, 3.05) is 10.0 Å². The number of sulfonamides is 1. The van der Waals surface area contributed by atoms with Crippen molar-refractivity contribution in [1.82, 2.24) is 4.98 Å². The van der Waals surface area contributed by atoms with Gasteiger partial charge in [0.15, 0.2) is 5.13 Å². The molecular formula is C23H20ClN3O3S2. The fraction of sp³-hybridized carbons (Fsp3) is 0.130. The molecule has 32 heavy (non-hydrogen) atoms. The number of fused-ring (bicyclic) bond motifs is 1. The Hall–Kier alpha value is -2.94. The quantitative estimate of drug-likeness (QED) is 0.344. The lowest BCUT2D eigenvalue weighted by Crippen LogP contribution is -2.18. The molecule has 164 valence electrons. The molecule has 0 fully saturated rings. The molecule has 0 spiro atoms.